The van der Waals surface area contributed by atoms with E-state index in [1.165, 1.54) is 19.2 Å². The van der Waals surface area contributed by atoms with Gasteiger partial charge in [-0.25, -0.2) is 0 Å². The molecule has 0 radical (unpaired) electrons. The minimum Gasteiger partial charge on any atom is -0.469 e. The van der Waals surface area contributed by atoms with Gasteiger partial charge in [-0.15, -0.1) is 0 Å². The topological polar surface area (TPSA) is 52.3 Å². The van der Waals surface area contributed by atoms with Crippen LogP contribution in [0.1, 0.15) is 36.8 Å². The smallest absolute Gasteiger partial charge is 0.416 e. The Labute approximate surface area is 115 Å². The van der Waals surface area contributed by atoms with Crippen molar-refractivity contribution < 1.29 is 22.7 Å². The lowest BCUT2D eigenvalue weighted by atomic mass is 9.87. The first kappa shape index (κ1) is 16.5. The molecule has 0 heterocycles. The Morgan fingerprint density at radius 1 is 1.30 bits per heavy atom. The van der Waals surface area contributed by atoms with E-state index in [-0.39, 0.29) is 18.4 Å². The molecule has 2 N–H and O–H groups in total. The Kier molecular flexibility index (Phi) is 5.56. The number of nitrogens with two attached hydrogens (primary N) is 1. The lowest BCUT2D eigenvalue weighted by Crippen LogP contribution is -2.29. The van der Waals surface area contributed by atoms with Crippen molar-refractivity contribution in [3.8, 4) is 0 Å². The molecule has 0 fully saturated rings. The summed E-state index contributed by atoms with van der Waals surface area (Å²) in [6.45, 7) is 1.86. The SMILES string of the molecule is CCC(N)C(CC(=O)OC)c1ccc(C(F)(F)F)cc1. The van der Waals surface area contributed by atoms with Crippen molar-refractivity contribution in [3.05, 3.63) is 35.4 Å². The maximum absolute atomic E-state index is 12.5. The third kappa shape index (κ3) is 4.23. The minimum atomic E-state index is -4.37. The molecule has 0 bridgehead atoms. The number of halogens is 3. The Hall–Kier alpha value is -1.56. The van der Waals surface area contributed by atoms with E-state index in [4.69, 9.17) is 5.73 Å². The van der Waals surface area contributed by atoms with Gasteiger partial charge in [0.1, 0.15) is 0 Å². The summed E-state index contributed by atoms with van der Waals surface area (Å²) in [5, 5.41) is 0. The van der Waals surface area contributed by atoms with E-state index in [0.717, 1.165) is 12.1 Å². The molecule has 112 valence electrons. The molecule has 0 aliphatic heterocycles. The fraction of sp³-hybridized carbons (Fsp3) is 0.500. The molecule has 0 aromatic heterocycles. The zero-order valence-corrected chi connectivity index (χ0v) is 11.4. The van der Waals surface area contributed by atoms with Crippen LogP contribution in [0.25, 0.3) is 0 Å². The Morgan fingerprint density at radius 3 is 2.25 bits per heavy atom. The lowest BCUT2D eigenvalue weighted by molar-refractivity contribution is -0.141. The van der Waals surface area contributed by atoms with Gasteiger partial charge < -0.3 is 10.5 Å². The zero-order valence-electron chi connectivity index (χ0n) is 11.4. The number of ether oxygens (including phenoxy) is 1. The van der Waals surface area contributed by atoms with Crippen LogP contribution in [0.5, 0.6) is 0 Å². The molecule has 2 atom stereocenters. The van der Waals surface area contributed by atoms with Crippen LogP contribution < -0.4 is 5.73 Å². The van der Waals surface area contributed by atoms with E-state index in [1.807, 2.05) is 6.92 Å². The summed E-state index contributed by atoms with van der Waals surface area (Å²) in [4.78, 5) is 11.4. The van der Waals surface area contributed by atoms with E-state index >= 15 is 0 Å². The van der Waals surface area contributed by atoms with Crippen molar-refractivity contribution in [2.45, 2.75) is 37.9 Å². The molecular weight excluding hydrogens is 271 g/mol. The minimum absolute atomic E-state index is 0.0525. The van der Waals surface area contributed by atoms with Gasteiger partial charge in [0.05, 0.1) is 19.1 Å². The van der Waals surface area contributed by atoms with Crippen molar-refractivity contribution in [1.29, 1.82) is 0 Å². The predicted molar refractivity (Wildman–Crippen MR) is 69.1 cm³/mol. The number of carbonyl (C=O) groups is 1. The number of hydrogen-bond acceptors (Lipinski definition) is 3. The second-order valence-corrected chi connectivity index (χ2v) is 4.58. The standard InChI is InChI=1S/C14H18F3NO2/c1-3-12(18)11(8-13(19)20-2)9-4-6-10(7-5-9)14(15,16)17/h4-7,11-12H,3,8,18H2,1-2H3. The van der Waals surface area contributed by atoms with Gasteiger partial charge in [-0.2, -0.15) is 13.2 Å². The molecule has 0 saturated carbocycles. The van der Waals surface area contributed by atoms with Crippen molar-refractivity contribution in [2.75, 3.05) is 7.11 Å². The highest BCUT2D eigenvalue weighted by Crippen LogP contribution is 2.31. The van der Waals surface area contributed by atoms with Crippen molar-refractivity contribution in [2.24, 2.45) is 5.73 Å². The van der Waals surface area contributed by atoms with E-state index in [0.29, 0.717) is 12.0 Å². The average Bonchev–Trinajstić information content (AvgIpc) is 2.42. The van der Waals surface area contributed by atoms with Gasteiger partial charge in [0.25, 0.3) is 0 Å². The molecule has 1 aromatic rings. The summed E-state index contributed by atoms with van der Waals surface area (Å²) in [5.41, 5.74) is 5.84. The second kappa shape index (κ2) is 6.74. The second-order valence-electron chi connectivity index (χ2n) is 4.58. The van der Waals surface area contributed by atoms with Crippen molar-refractivity contribution >= 4 is 5.97 Å². The molecule has 6 heteroatoms. The van der Waals surface area contributed by atoms with Gasteiger partial charge in [-0.3, -0.25) is 4.79 Å². The van der Waals surface area contributed by atoms with Gasteiger partial charge in [0.2, 0.25) is 0 Å². The summed E-state index contributed by atoms with van der Waals surface area (Å²) in [6.07, 6.45) is -3.71. The summed E-state index contributed by atoms with van der Waals surface area (Å²) in [5.74, 6) is -0.784. The maximum atomic E-state index is 12.5. The highest BCUT2D eigenvalue weighted by molar-refractivity contribution is 5.70. The van der Waals surface area contributed by atoms with E-state index in [1.54, 1.807) is 0 Å². The van der Waals surface area contributed by atoms with Crippen molar-refractivity contribution in [3.63, 3.8) is 0 Å². The molecular formula is C14H18F3NO2. The van der Waals surface area contributed by atoms with Crippen LogP contribution in [0, 0.1) is 0 Å². The van der Waals surface area contributed by atoms with Crippen LogP contribution in [-0.2, 0) is 15.7 Å². The van der Waals surface area contributed by atoms with Gasteiger partial charge in [0.15, 0.2) is 0 Å². The van der Waals surface area contributed by atoms with E-state index in [2.05, 4.69) is 4.74 Å². The molecule has 0 spiro atoms. The van der Waals surface area contributed by atoms with Gasteiger partial charge in [-0.1, -0.05) is 19.1 Å². The monoisotopic (exact) mass is 289 g/mol. The third-order valence-electron chi connectivity index (χ3n) is 3.27. The average molecular weight is 289 g/mol. The number of hydrogen-bond donors (Lipinski definition) is 1. The molecule has 2 unspecified atom stereocenters. The highest BCUT2D eigenvalue weighted by Gasteiger charge is 2.31. The zero-order chi connectivity index (χ0) is 15.3. The first-order valence-electron chi connectivity index (χ1n) is 6.29. The largest absolute Gasteiger partial charge is 0.469 e. The Balaban J connectivity index is 2.99. The number of benzene rings is 1. The fourth-order valence-corrected chi connectivity index (χ4v) is 1.98. The molecule has 1 aromatic carbocycles. The summed E-state index contributed by atoms with van der Waals surface area (Å²) >= 11 is 0. The van der Waals surface area contributed by atoms with Crippen LogP contribution in [0.3, 0.4) is 0 Å². The number of rotatable bonds is 5. The number of methoxy groups -OCH3 is 1. The number of esters is 1. The molecule has 0 saturated heterocycles. The summed E-state index contributed by atoms with van der Waals surface area (Å²) in [7, 11) is 1.27. The Bertz CT molecular complexity index is 443. The first-order valence-corrected chi connectivity index (χ1v) is 6.29. The summed E-state index contributed by atoms with van der Waals surface area (Å²) in [6, 6.07) is 4.42. The molecule has 0 aliphatic carbocycles. The first-order chi connectivity index (χ1) is 9.29. The predicted octanol–water partition coefficient (Wildman–Crippen LogP) is 3.09. The van der Waals surface area contributed by atoms with Crippen LogP contribution in [0.2, 0.25) is 0 Å². The lowest BCUT2D eigenvalue weighted by Gasteiger charge is -2.22. The van der Waals surface area contributed by atoms with Gasteiger partial charge in [-0.05, 0) is 24.1 Å². The Morgan fingerprint density at radius 2 is 1.85 bits per heavy atom. The van der Waals surface area contributed by atoms with Gasteiger partial charge in [0, 0.05) is 12.0 Å². The molecule has 0 aliphatic rings. The fourth-order valence-electron chi connectivity index (χ4n) is 1.98. The molecule has 20 heavy (non-hydrogen) atoms. The molecule has 1 rings (SSSR count). The number of carbonyl (C=O) groups excluding carboxylic acids is 1. The quantitative estimate of drug-likeness (QED) is 0.847. The normalized spacial score (nSPS) is 14.7. The van der Waals surface area contributed by atoms with Crippen molar-refractivity contribution in [1.82, 2.24) is 0 Å². The van der Waals surface area contributed by atoms with E-state index < -0.39 is 17.7 Å². The van der Waals surface area contributed by atoms with Crippen LogP contribution >= 0.6 is 0 Å². The van der Waals surface area contributed by atoms with Crippen LogP contribution in [0.4, 0.5) is 13.2 Å². The van der Waals surface area contributed by atoms with Crippen LogP contribution in [-0.4, -0.2) is 19.1 Å². The third-order valence-corrected chi connectivity index (χ3v) is 3.27. The maximum Gasteiger partial charge on any atom is 0.416 e. The van der Waals surface area contributed by atoms with Gasteiger partial charge >= 0.3 is 12.1 Å². The molecule has 3 nitrogen and oxygen atoms in total. The number of alkyl halides is 3. The molecule has 0 amide bonds. The summed E-state index contributed by atoms with van der Waals surface area (Å²) < 4.78 is 42.1. The highest BCUT2D eigenvalue weighted by atomic mass is 19.4. The van der Waals surface area contributed by atoms with E-state index in [9.17, 15) is 18.0 Å². The van der Waals surface area contributed by atoms with Crippen LogP contribution in [0.15, 0.2) is 24.3 Å².